The molecule has 8 heteroatoms. The number of rotatable bonds is 7. The van der Waals surface area contributed by atoms with Crippen molar-refractivity contribution in [2.24, 2.45) is 0 Å². The van der Waals surface area contributed by atoms with E-state index in [0.717, 1.165) is 25.7 Å². The van der Waals surface area contributed by atoms with Crippen LogP contribution in [-0.2, 0) is 0 Å². The van der Waals surface area contributed by atoms with Gasteiger partial charge < -0.3 is 5.32 Å². The second kappa shape index (κ2) is 9.16. The highest BCUT2D eigenvalue weighted by atomic mass is 35.5. The molecule has 160 valence electrons. The van der Waals surface area contributed by atoms with E-state index in [0.29, 0.717) is 36.7 Å². The van der Waals surface area contributed by atoms with Crippen molar-refractivity contribution in [3.8, 4) is 0 Å². The van der Waals surface area contributed by atoms with Crippen molar-refractivity contribution in [1.29, 1.82) is 0 Å². The predicted octanol–water partition coefficient (Wildman–Crippen LogP) is 6.05. The van der Waals surface area contributed by atoms with E-state index in [4.69, 9.17) is 11.6 Å². The van der Waals surface area contributed by atoms with Crippen LogP contribution in [0, 0.1) is 0 Å². The summed E-state index contributed by atoms with van der Waals surface area (Å²) in [6.07, 6.45) is 7.56. The van der Waals surface area contributed by atoms with Crippen molar-refractivity contribution in [1.82, 2.24) is 14.5 Å². The average Bonchev–Trinajstić information content (AvgIpc) is 3.15. The molecule has 0 bridgehead atoms. The summed E-state index contributed by atoms with van der Waals surface area (Å²) in [5.41, 5.74) is 1.58. The maximum Gasteiger partial charge on any atom is 0.271 e. The largest absolute Gasteiger partial charge is 0.321 e. The fourth-order valence-corrected chi connectivity index (χ4v) is 4.79. The third-order valence-corrected chi connectivity index (χ3v) is 6.69. The van der Waals surface area contributed by atoms with Crippen molar-refractivity contribution < 1.29 is 4.79 Å². The number of nitrogens with zero attached hydrogens (tertiary/aromatic N) is 3. The lowest BCUT2D eigenvalue weighted by Gasteiger charge is -2.14. The quantitative estimate of drug-likeness (QED) is 0.344. The zero-order valence-electron chi connectivity index (χ0n) is 17.4. The van der Waals surface area contributed by atoms with Gasteiger partial charge in [0.05, 0.1) is 22.9 Å². The molecule has 4 aromatic rings. The number of aromatic nitrogens is 3. The number of thiophene rings is 1. The van der Waals surface area contributed by atoms with E-state index in [1.165, 1.54) is 11.3 Å². The minimum atomic E-state index is -0.263. The van der Waals surface area contributed by atoms with Crippen LogP contribution < -0.4 is 10.9 Å². The smallest absolute Gasteiger partial charge is 0.271 e. The summed E-state index contributed by atoms with van der Waals surface area (Å²) in [6.45, 7) is 4.21. The fraction of sp³-hybridized carbons (Fsp3) is 0.304. The van der Waals surface area contributed by atoms with Crippen molar-refractivity contribution in [2.45, 2.75) is 45.6 Å². The van der Waals surface area contributed by atoms with Gasteiger partial charge in [-0.2, -0.15) is 0 Å². The number of carbonyl (C=O) groups is 1. The number of nitrogens with one attached hydrogen (secondary N) is 1. The molecular weight excluding hydrogens is 432 g/mol. The third kappa shape index (κ3) is 4.34. The normalized spacial score (nSPS) is 12.4. The van der Waals surface area contributed by atoms with Crippen LogP contribution in [0.15, 0.2) is 47.7 Å². The Hall–Kier alpha value is -2.77. The number of anilines is 1. The minimum Gasteiger partial charge on any atom is -0.321 e. The summed E-state index contributed by atoms with van der Waals surface area (Å²) in [7, 11) is 0. The number of benzene rings is 1. The fourth-order valence-electron chi connectivity index (χ4n) is 3.61. The first-order chi connectivity index (χ1) is 15.0. The standard InChI is InChI=1S/C23H23ClN4O2S/c1-3-4-5-6-14(2)28-13-26-19-18-17(11-12-25-22(18)31-20(19)23(28)30)27-21(29)15-7-9-16(24)10-8-15/h7-14H,3-6H2,1-2H3,(H,25,27,29). The highest BCUT2D eigenvalue weighted by Gasteiger charge is 2.18. The van der Waals surface area contributed by atoms with Gasteiger partial charge in [0.1, 0.15) is 9.53 Å². The van der Waals surface area contributed by atoms with Gasteiger partial charge in [-0.3, -0.25) is 14.2 Å². The molecule has 0 spiro atoms. The van der Waals surface area contributed by atoms with Crippen LogP contribution in [0.4, 0.5) is 5.69 Å². The van der Waals surface area contributed by atoms with E-state index in [2.05, 4.69) is 22.2 Å². The molecule has 1 atom stereocenters. The molecule has 1 amide bonds. The first kappa shape index (κ1) is 21.5. The average molecular weight is 455 g/mol. The number of fused-ring (bicyclic) bond motifs is 3. The lowest BCUT2D eigenvalue weighted by Crippen LogP contribution is -2.23. The van der Waals surface area contributed by atoms with Crippen LogP contribution in [0.5, 0.6) is 0 Å². The van der Waals surface area contributed by atoms with Gasteiger partial charge in [0.2, 0.25) is 0 Å². The molecule has 3 aromatic heterocycles. The van der Waals surface area contributed by atoms with Crippen molar-refractivity contribution >= 4 is 55.0 Å². The van der Waals surface area contributed by atoms with Crippen molar-refractivity contribution in [2.75, 3.05) is 5.32 Å². The van der Waals surface area contributed by atoms with Crippen LogP contribution in [0.1, 0.15) is 55.9 Å². The van der Waals surface area contributed by atoms with Gasteiger partial charge in [-0.15, -0.1) is 11.3 Å². The van der Waals surface area contributed by atoms with E-state index in [-0.39, 0.29) is 17.5 Å². The zero-order valence-corrected chi connectivity index (χ0v) is 19.0. The van der Waals surface area contributed by atoms with E-state index in [1.807, 2.05) is 6.92 Å². The number of hydrogen-bond acceptors (Lipinski definition) is 5. The first-order valence-electron chi connectivity index (χ1n) is 10.3. The van der Waals surface area contributed by atoms with Gasteiger partial charge in [-0.05, 0) is 43.7 Å². The number of amides is 1. The second-order valence-electron chi connectivity index (χ2n) is 7.58. The molecule has 0 aliphatic heterocycles. The Bertz CT molecular complexity index is 1300. The summed E-state index contributed by atoms with van der Waals surface area (Å²) < 4.78 is 2.26. The zero-order chi connectivity index (χ0) is 22.0. The molecule has 0 fully saturated rings. The van der Waals surface area contributed by atoms with Gasteiger partial charge in [-0.1, -0.05) is 37.8 Å². The molecule has 0 aliphatic carbocycles. The molecule has 6 nitrogen and oxygen atoms in total. The number of hydrogen-bond donors (Lipinski definition) is 1. The molecular formula is C23H23ClN4O2S. The molecule has 1 N–H and O–H groups in total. The molecule has 1 unspecified atom stereocenters. The maximum atomic E-state index is 13.2. The second-order valence-corrected chi connectivity index (χ2v) is 9.02. The molecule has 0 radical (unpaired) electrons. The maximum absolute atomic E-state index is 13.2. The van der Waals surface area contributed by atoms with E-state index in [1.54, 1.807) is 47.4 Å². The summed E-state index contributed by atoms with van der Waals surface area (Å²) in [5, 5.41) is 4.18. The van der Waals surface area contributed by atoms with Gasteiger partial charge in [0.15, 0.2) is 0 Å². The lowest BCUT2D eigenvalue weighted by molar-refractivity contribution is 0.102. The minimum absolute atomic E-state index is 0.0630. The van der Waals surface area contributed by atoms with Gasteiger partial charge in [0.25, 0.3) is 11.5 Å². The Kier molecular flexibility index (Phi) is 6.34. The summed E-state index contributed by atoms with van der Waals surface area (Å²) >= 11 is 7.22. The molecule has 4 rings (SSSR count). The van der Waals surface area contributed by atoms with Crippen LogP contribution in [0.25, 0.3) is 20.4 Å². The molecule has 0 aliphatic rings. The SMILES string of the molecule is CCCCCC(C)n1cnc2c(sc3nccc(NC(=O)c4ccc(Cl)cc4)c32)c1=O. The molecule has 3 heterocycles. The molecule has 31 heavy (non-hydrogen) atoms. The Morgan fingerprint density at radius 1 is 1.19 bits per heavy atom. The van der Waals surface area contributed by atoms with Gasteiger partial charge in [-0.25, -0.2) is 9.97 Å². The Morgan fingerprint density at radius 3 is 2.71 bits per heavy atom. The highest BCUT2D eigenvalue weighted by Crippen LogP contribution is 2.34. The van der Waals surface area contributed by atoms with E-state index in [9.17, 15) is 9.59 Å². The summed E-state index contributed by atoms with van der Waals surface area (Å²) in [4.78, 5) is 35.5. The van der Waals surface area contributed by atoms with Crippen LogP contribution in [-0.4, -0.2) is 20.4 Å². The monoisotopic (exact) mass is 454 g/mol. The number of carbonyl (C=O) groups excluding carboxylic acids is 1. The van der Waals surface area contributed by atoms with Crippen LogP contribution in [0.2, 0.25) is 5.02 Å². The van der Waals surface area contributed by atoms with Gasteiger partial charge >= 0.3 is 0 Å². The third-order valence-electron chi connectivity index (χ3n) is 5.36. The Balaban J connectivity index is 1.72. The molecule has 1 aromatic carbocycles. The van der Waals surface area contributed by atoms with E-state index < -0.39 is 0 Å². The Labute approximate surface area is 188 Å². The Morgan fingerprint density at radius 2 is 1.97 bits per heavy atom. The van der Waals surface area contributed by atoms with Crippen molar-refractivity contribution in [3.63, 3.8) is 0 Å². The molecule has 0 saturated carbocycles. The van der Waals surface area contributed by atoms with Crippen LogP contribution in [0.3, 0.4) is 0 Å². The van der Waals surface area contributed by atoms with E-state index >= 15 is 0 Å². The van der Waals surface area contributed by atoms with Gasteiger partial charge in [0, 0.05) is 22.8 Å². The number of pyridine rings is 1. The number of halogens is 1. The summed E-state index contributed by atoms with van der Waals surface area (Å²) in [6, 6.07) is 8.48. The highest BCUT2D eigenvalue weighted by molar-refractivity contribution is 7.25. The predicted molar refractivity (Wildman–Crippen MR) is 127 cm³/mol. The summed E-state index contributed by atoms with van der Waals surface area (Å²) in [5.74, 6) is -0.263. The number of unbranched alkanes of at least 4 members (excludes halogenated alkanes) is 2. The topological polar surface area (TPSA) is 76.9 Å². The van der Waals surface area contributed by atoms with Crippen molar-refractivity contribution in [3.05, 3.63) is 63.8 Å². The first-order valence-corrected chi connectivity index (χ1v) is 11.5. The van der Waals surface area contributed by atoms with Crippen LogP contribution >= 0.6 is 22.9 Å². The lowest BCUT2D eigenvalue weighted by atomic mass is 10.1. The molecule has 0 saturated heterocycles.